The molecule has 2 nitrogen and oxygen atoms in total. The molecule has 1 aliphatic carbocycles. The molecular formula is C17H17BrClNO. The van der Waals surface area contributed by atoms with Crippen LogP contribution in [-0.2, 0) is 0 Å². The van der Waals surface area contributed by atoms with Gasteiger partial charge in [-0.15, -0.1) is 0 Å². The van der Waals surface area contributed by atoms with E-state index in [1.807, 2.05) is 36.4 Å². The molecule has 1 atom stereocenters. The molecule has 2 aromatic rings. The highest BCUT2D eigenvalue weighted by Crippen LogP contribution is 2.31. The van der Waals surface area contributed by atoms with Crippen LogP contribution in [0.2, 0.25) is 5.02 Å². The molecule has 4 heteroatoms. The first kappa shape index (κ1) is 14.9. The number of hydrogen-bond donors (Lipinski definition) is 1. The maximum absolute atomic E-state index is 6.26. The van der Waals surface area contributed by atoms with Gasteiger partial charge in [-0.1, -0.05) is 57.9 Å². The van der Waals surface area contributed by atoms with Crippen LogP contribution in [0.25, 0.3) is 0 Å². The Bertz CT molecular complexity index is 601. The maximum Gasteiger partial charge on any atom is 0.138 e. The lowest BCUT2D eigenvalue weighted by atomic mass is 10.1. The van der Waals surface area contributed by atoms with Crippen LogP contribution in [0.1, 0.15) is 24.5 Å². The Kier molecular flexibility index (Phi) is 4.84. The fourth-order valence-electron chi connectivity index (χ4n) is 2.18. The van der Waals surface area contributed by atoms with Crippen molar-refractivity contribution in [2.45, 2.75) is 25.0 Å². The van der Waals surface area contributed by atoms with Crippen molar-refractivity contribution < 1.29 is 4.74 Å². The van der Waals surface area contributed by atoms with Gasteiger partial charge >= 0.3 is 0 Å². The smallest absolute Gasteiger partial charge is 0.138 e. The molecule has 1 N–H and O–H groups in total. The zero-order chi connectivity index (χ0) is 14.7. The molecule has 21 heavy (non-hydrogen) atoms. The van der Waals surface area contributed by atoms with E-state index in [1.54, 1.807) is 0 Å². The van der Waals surface area contributed by atoms with Gasteiger partial charge in [0.25, 0.3) is 0 Å². The lowest BCUT2D eigenvalue weighted by molar-refractivity contribution is 0.201. The van der Waals surface area contributed by atoms with Gasteiger partial charge in [0.15, 0.2) is 0 Å². The summed E-state index contributed by atoms with van der Waals surface area (Å²) in [4.78, 5) is 0. The molecule has 0 saturated heterocycles. The summed E-state index contributed by atoms with van der Waals surface area (Å²) < 4.78 is 7.10. The quantitative estimate of drug-likeness (QED) is 0.779. The zero-order valence-electron chi connectivity index (χ0n) is 11.6. The van der Waals surface area contributed by atoms with Crippen LogP contribution in [0.3, 0.4) is 0 Å². The molecule has 1 fully saturated rings. The summed E-state index contributed by atoms with van der Waals surface area (Å²) in [7, 11) is 0. The van der Waals surface area contributed by atoms with E-state index in [4.69, 9.17) is 16.3 Å². The summed E-state index contributed by atoms with van der Waals surface area (Å²) in [6.07, 6.45) is 2.49. The topological polar surface area (TPSA) is 21.3 Å². The van der Waals surface area contributed by atoms with Crippen molar-refractivity contribution >= 4 is 27.5 Å². The van der Waals surface area contributed by atoms with Gasteiger partial charge in [-0.3, -0.25) is 0 Å². The van der Waals surface area contributed by atoms with Crippen molar-refractivity contribution in [3.8, 4) is 5.75 Å². The van der Waals surface area contributed by atoms with Crippen molar-refractivity contribution in [2.24, 2.45) is 0 Å². The number of ether oxygens (including phenoxy) is 1. The number of hydrogen-bond acceptors (Lipinski definition) is 2. The third-order valence-electron chi connectivity index (χ3n) is 3.50. The summed E-state index contributed by atoms with van der Waals surface area (Å²) in [5.74, 6) is 0.714. The molecule has 0 amide bonds. The van der Waals surface area contributed by atoms with Crippen LogP contribution < -0.4 is 10.1 Å². The standard InChI is InChI=1S/C17H17BrClNO/c18-13-6-9-16(15(19)10-13)21-17(11-20-14-7-8-14)12-4-2-1-3-5-12/h1-6,9-10,14,17,20H,7-8,11H2. The molecule has 2 aromatic carbocycles. The van der Waals surface area contributed by atoms with E-state index in [9.17, 15) is 0 Å². The predicted molar refractivity (Wildman–Crippen MR) is 90.0 cm³/mol. The average molecular weight is 367 g/mol. The molecule has 1 saturated carbocycles. The van der Waals surface area contributed by atoms with Gasteiger partial charge in [0.1, 0.15) is 11.9 Å². The predicted octanol–water partition coefficient (Wildman–Crippen LogP) is 4.97. The number of rotatable bonds is 6. The molecular weight excluding hydrogens is 350 g/mol. The van der Waals surface area contributed by atoms with Crippen LogP contribution >= 0.6 is 27.5 Å². The van der Waals surface area contributed by atoms with Crippen LogP contribution in [0.15, 0.2) is 53.0 Å². The molecule has 0 aliphatic heterocycles. The highest BCUT2D eigenvalue weighted by molar-refractivity contribution is 9.10. The van der Waals surface area contributed by atoms with E-state index in [-0.39, 0.29) is 6.10 Å². The first-order chi connectivity index (χ1) is 10.2. The molecule has 1 unspecified atom stereocenters. The third-order valence-corrected chi connectivity index (χ3v) is 4.29. The van der Waals surface area contributed by atoms with Crippen LogP contribution in [0.5, 0.6) is 5.75 Å². The summed E-state index contributed by atoms with van der Waals surface area (Å²) >= 11 is 9.67. The molecule has 1 aliphatic rings. The monoisotopic (exact) mass is 365 g/mol. The van der Waals surface area contributed by atoms with Gasteiger partial charge in [-0.2, -0.15) is 0 Å². The van der Waals surface area contributed by atoms with Gasteiger partial charge in [0, 0.05) is 17.1 Å². The van der Waals surface area contributed by atoms with E-state index in [2.05, 4.69) is 33.4 Å². The average Bonchev–Trinajstić information content (AvgIpc) is 3.31. The van der Waals surface area contributed by atoms with E-state index in [0.717, 1.165) is 16.6 Å². The second-order valence-corrected chi connectivity index (χ2v) is 6.60. The molecule has 0 aromatic heterocycles. The Balaban J connectivity index is 1.77. The first-order valence-corrected chi connectivity index (χ1v) is 8.29. The highest BCUT2D eigenvalue weighted by Gasteiger charge is 2.23. The van der Waals surface area contributed by atoms with Crippen molar-refractivity contribution in [3.05, 3.63) is 63.6 Å². The Hall–Kier alpha value is -1.03. The molecule has 0 bridgehead atoms. The number of halogens is 2. The van der Waals surface area contributed by atoms with E-state index in [0.29, 0.717) is 16.8 Å². The van der Waals surface area contributed by atoms with Crippen LogP contribution in [0.4, 0.5) is 0 Å². The highest BCUT2D eigenvalue weighted by atomic mass is 79.9. The van der Waals surface area contributed by atoms with E-state index >= 15 is 0 Å². The SMILES string of the molecule is Clc1cc(Br)ccc1OC(CNC1CC1)c1ccccc1. The van der Waals surface area contributed by atoms with E-state index < -0.39 is 0 Å². The Morgan fingerprint density at radius 1 is 1.19 bits per heavy atom. The number of benzene rings is 2. The van der Waals surface area contributed by atoms with Gasteiger partial charge in [0.05, 0.1) is 5.02 Å². The molecule has 110 valence electrons. The lowest BCUT2D eigenvalue weighted by Gasteiger charge is -2.21. The summed E-state index contributed by atoms with van der Waals surface area (Å²) in [5.41, 5.74) is 1.16. The molecule has 0 spiro atoms. The Morgan fingerprint density at radius 2 is 1.95 bits per heavy atom. The minimum absolute atomic E-state index is 0.0366. The third kappa shape index (κ3) is 4.22. The maximum atomic E-state index is 6.26. The fraction of sp³-hybridized carbons (Fsp3) is 0.294. The minimum Gasteiger partial charge on any atom is -0.483 e. The van der Waals surface area contributed by atoms with Crippen LogP contribution in [-0.4, -0.2) is 12.6 Å². The van der Waals surface area contributed by atoms with Crippen molar-refractivity contribution in [1.82, 2.24) is 5.32 Å². The van der Waals surface area contributed by atoms with Gasteiger partial charge in [0.2, 0.25) is 0 Å². The Labute approximate surface area is 138 Å². The lowest BCUT2D eigenvalue weighted by Crippen LogP contribution is -2.26. The Morgan fingerprint density at radius 3 is 2.62 bits per heavy atom. The fourth-order valence-corrected chi connectivity index (χ4v) is 2.90. The van der Waals surface area contributed by atoms with Gasteiger partial charge in [-0.25, -0.2) is 0 Å². The molecule has 0 heterocycles. The minimum atomic E-state index is -0.0366. The molecule has 0 radical (unpaired) electrons. The van der Waals surface area contributed by atoms with Gasteiger partial charge < -0.3 is 10.1 Å². The normalized spacial score (nSPS) is 15.7. The summed E-state index contributed by atoms with van der Waals surface area (Å²) in [5, 5.41) is 4.15. The van der Waals surface area contributed by atoms with Gasteiger partial charge in [-0.05, 0) is 36.6 Å². The van der Waals surface area contributed by atoms with Crippen molar-refractivity contribution in [2.75, 3.05) is 6.54 Å². The number of nitrogens with one attached hydrogen (secondary N) is 1. The molecule has 3 rings (SSSR count). The second kappa shape index (κ2) is 6.82. The first-order valence-electron chi connectivity index (χ1n) is 7.12. The summed E-state index contributed by atoms with van der Waals surface area (Å²) in [6.45, 7) is 0.793. The van der Waals surface area contributed by atoms with Crippen molar-refractivity contribution in [1.29, 1.82) is 0 Å². The zero-order valence-corrected chi connectivity index (χ0v) is 13.9. The summed E-state index contributed by atoms with van der Waals surface area (Å²) in [6, 6.07) is 16.6. The van der Waals surface area contributed by atoms with E-state index in [1.165, 1.54) is 12.8 Å². The second-order valence-electron chi connectivity index (χ2n) is 5.27. The van der Waals surface area contributed by atoms with Crippen LogP contribution in [0, 0.1) is 0 Å². The van der Waals surface area contributed by atoms with Crippen molar-refractivity contribution in [3.63, 3.8) is 0 Å². The largest absolute Gasteiger partial charge is 0.483 e.